The van der Waals surface area contributed by atoms with E-state index in [2.05, 4.69) is 16.1 Å². The number of thioether (sulfide) groups is 1. The molecule has 1 fully saturated rings. The highest BCUT2D eigenvalue weighted by molar-refractivity contribution is 7.99. The number of nitrogens with one attached hydrogen (secondary N) is 1. The van der Waals surface area contributed by atoms with Gasteiger partial charge in [-0.1, -0.05) is 0 Å². The minimum atomic E-state index is -3.59. The van der Waals surface area contributed by atoms with Crippen LogP contribution < -0.4 is 10.5 Å². The molecule has 0 amide bonds. The molecule has 0 aliphatic heterocycles. The molecule has 0 bridgehead atoms. The van der Waals surface area contributed by atoms with Crippen LogP contribution in [0.15, 0.2) is 4.90 Å². The van der Waals surface area contributed by atoms with Crippen LogP contribution >= 0.6 is 11.8 Å². The molecule has 6 nitrogen and oxygen atoms in total. The van der Waals surface area contributed by atoms with Gasteiger partial charge < -0.3 is 5.73 Å². The molecule has 1 saturated carbocycles. The predicted molar refractivity (Wildman–Crippen MR) is 82.2 cm³/mol. The first kappa shape index (κ1) is 15.7. The maximum absolute atomic E-state index is 12.5. The van der Waals surface area contributed by atoms with Gasteiger partial charge in [-0.25, -0.2) is 13.1 Å². The summed E-state index contributed by atoms with van der Waals surface area (Å²) >= 11 is 1.86. The van der Waals surface area contributed by atoms with Crippen molar-refractivity contribution in [3.63, 3.8) is 0 Å². The van der Waals surface area contributed by atoms with Crippen LogP contribution in [0.2, 0.25) is 0 Å². The maximum Gasteiger partial charge on any atom is 0.246 e. The third kappa shape index (κ3) is 3.12. The van der Waals surface area contributed by atoms with E-state index in [1.54, 1.807) is 14.0 Å². The Labute approximate surface area is 124 Å². The van der Waals surface area contributed by atoms with Crippen LogP contribution in [0, 0.1) is 6.92 Å². The van der Waals surface area contributed by atoms with Crippen molar-refractivity contribution in [2.45, 2.75) is 48.8 Å². The number of sulfonamides is 1. The van der Waals surface area contributed by atoms with Gasteiger partial charge in [0.1, 0.15) is 4.90 Å². The van der Waals surface area contributed by atoms with Crippen LogP contribution in [0.5, 0.6) is 0 Å². The molecule has 8 heteroatoms. The summed E-state index contributed by atoms with van der Waals surface area (Å²) in [5.74, 6) is 0.0651. The maximum atomic E-state index is 12.5. The average molecular weight is 318 g/mol. The van der Waals surface area contributed by atoms with E-state index in [1.807, 2.05) is 11.8 Å². The summed E-state index contributed by atoms with van der Waals surface area (Å²) in [7, 11) is -1.90. The van der Waals surface area contributed by atoms with Crippen molar-refractivity contribution >= 4 is 27.6 Å². The van der Waals surface area contributed by atoms with Gasteiger partial charge >= 0.3 is 0 Å². The molecule has 3 N–H and O–H groups in total. The molecule has 0 saturated heterocycles. The summed E-state index contributed by atoms with van der Waals surface area (Å²) in [4.78, 5) is 0.118. The lowest BCUT2D eigenvalue weighted by atomic mass is 9.96. The van der Waals surface area contributed by atoms with Gasteiger partial charge in [0.25, 0.3) is 0 Å². The van der Waals surface area contributed by atoms with Crippen molar-refractivity contribution in [2.24, 2.45) is 7.05 Å². The van der Waals surface area contributed by atoms with Gasteiger partial charge in [0, 0.05) is 18.3 Å². The van der Waals surface area contributed by atoms with Crippen LogP contribution in [0.4, 0.5) is 5.82 Å². The molecule has 114 valence electrons. The van der Waals surface area contributed by atoms with Crippen molar-refractivity contribution in [1.82, 2.24) is 14.5 Å². The van der Waals surface area contributed by atoms with Crippen LogP contribution in [0.1, 0.15) is 31.4 Å². The SMILES string of the molecule is CSC1CCC(NS(=O)(=O)c2c(N)nn(C)c2C)CC1. The number of nitrogens with zero attached hydrogens (tertiary/aromatic N) is 2. The van der Waals surface area contributed by atoms with Crippen molar-refractivity contribution in [3.8, 4) is 0 Å². The number of anilines is 1. The smallest absolute Gasteiger partial charge is 0.246 e. The summed E-state index contributed by atoms with van der Waals surface area (Å²) < 4.78 is 29.2. The standard InChI is InChI=1S/C12H22N4O2S2/c1-8-11(12(13)14-16(8)2)20(17,18)15-9-4-6-10(19-3)7-5-9/h9-10,15H,4-7H2,1-3H3,(H2,13,14). The minimum Gasteiger partial charge on any atom is -0.381 e. The Morgan fingerprint density at radius 2 is 1.95 bits per heavy atom. The number of hydrogen-bond acceptors (Lipinski definition) is 5. The number of aromatic nitrogens is 2. The van der Waals surface area contributed by atoms with Crippen molar-refractivity contribution in [1.29, 1.82) is 0 Å². The fourth-order valence-electron chi connectivity index (χ4n) is 2.64. The molecule has 2 rings (SSSR count). The Bertz CT molecular complexity index is 575. The molecule has 1 aromatic heterocycles. The Morgan fingerprint density at radius 1 is 1.35 bits per heavy atom. The van der Waals surface area contributed by atoms with Crippen LogP contribution in [-0.2, 0) is 17.1 Å². The summed E-state index contributed by atoms with van der Waals surface area (Å²) in [6.45, 7) is 1.71. The minimum absolute atomic E-state index is 0.00223. The predicted octanol–water partition coefficient (Wildman–Crippen LogP) is 1.26. The molecule has 1 aliphatic carbocycles. The second-order valence-corrected chi connectivity index (χ2v) is 8.04. The molecule has 0 atom stereocenters. The average Bonchev–Trinajstić information content (AvgIpc) is 2.64. The molecule has 0 unspecified atom stereocenters. The highest BCUT2D eigenvalue weighted by Gasteiger charge is 2.29. The highest BCUT2D eigenvalue weighted by atomic mass is 32.2. The number of hydrogen-bond donors (Lipinski definition) is 2. The zero-order valence-corrected chi connectivity index (χ0v) is 13.7. The van der Waals surface area contributed by atoms with Crippen molar-refractivity contribution < 1.29 is 8.42 Å². The van der Waals surface area contributed by atoms with E-state index in [0.29, 0.717) is 10.9 Å². The summed E-state index contributed by atoms with van der Waals surface area (Å²) in [6.07, 6.45) is 5.97. The number of rotatable bonds is 4. The van der Waals surface area contributed by atoms with Gasteiger partial charge in [0.2, 0.25) is 10.0 Å². The van der Waals surface area contributed by atoms with Gasteiger partial charge in [-0.15, -0.1) is 0 Å². The van der Waals surface area contributed by atoms with Crippen molar-refractivity contribution in [2.75, 3.05) is 12.0 Å². The molecule has 0 radical (unpaired) electrons. The monoisotopic (exact) mass is 318 g/mol. The van der Waals surface area contributed by atoms with Crippen LogP contribution in [0.25, 0.3) is 0 Å². The fraction of sp³-hybridized carbons (Fsp3) is 0.750. The van der Waals surface area contributed by atoms with E-state index in [4.69, 9.17) is 5.73 Å². The normalized spacial score (nSPS) is 23.9. The Morgan fingerprint density at radius 3 is 2.40 bits per heavy atom. The molecule has 0 aromatic carbocycles. The molecule has 20 heavy (non-hydrogen) atoms. The van der Waals surface area contributed by atoms with E-state index >= 15 is 0 Å². The van der Waals surface area contributed by atoms with Gasteiger partial charge in [0.15, 0.2) is 5.82 Å². The molecular formula is C12H22N4O2S2. The van der Waals surface area contributed by atoms with Crippen LogP contribution in [0.3, 0.4) is 0 Å². The van der Waals surface area contributed by atoms with E-state index in [0.717, 1.165) is 25.7 Å². The van der Waals surface area contributed by atoms with E-state index in [1.165, 1.54) is 4.68 Å². The third-order valence-corrected chi connectivity index (χ3v) is 6.73. The lowest BCUT2D eigenvalue weighted by molar-refractivity contribution is 0.420. The first-order valence-corrected chi connectivity index (χ1v) is 9.46. The largest absolute Gasteiger partial charge is 0.381 e. The lowest BCUT2D eigenvalue weighted by Crippen LogP contribution is -2.38. The highest BCUT2D eigenvalue weighted by Crippen LogP contribution is 2.28. The number of aryl methyl sites for hydroxylation is 1. The Kier molecular flexibility index (Phi) is 4.66. The molecule has 1 aromatic rings. The first-order valence-electron chi connectivity index (χ1n) is 6.69. The summed E-state index contributed by atoms with van der Waals surface area (Å²) in [6, 6.07) is 0.00223. The summed E-state index contributed by atoms with van der Waals surface area (Å²) in [5, 5.41) is 4.62. The van der Waals surface area contributed by atoms with E-state index in [9.17, 15) is 8.42 Å². The zero-order chi connectivity index (χ0) is 14.9. The fourth-order valence-corrected chi connectivity index (χ4v) is 5.01. The molecule has 1 heterocycles. The Hall–Kier alpha value is -0.730. The molecule has 0 spiro atoms. The van der Waals surface area contributed by atoms with E-state index < -0.39 is 10.0 Å². The topological polar surface area (TPSA) is 90.0 Å². The van der Waals surface area contributed by atoms with Gasteiger partial charge in [0.05, 0.1) is 5.69 Å². The first-order chi connectivity index (χ1) is 9.35. The third-order valence-electron chi connectivity index (χ3n) is 3.90. The second-order valence-electron chi connectivity index (χ2n) is 5.25. The van der Waals surface area contributed by atoms with Crippen molar-refractivity contribution in [3.05, 3.63) is 5.69 Å². The van der Waals surface area contributed by atoms with Gasteiger partial charge in [-0.3, -0.25) is 4.68 Å². The van der Waals surface area contributed by atoms with Gasteiger partial charge in [-0.05, 0) is 38.9 Å². The zero-order valence-electron chi connectivity index (χ0n) is 12.1. The van der Waals surface area contributed by atoms with Crippen LogP contribution in [-0.4, -0.2) is 35.7 Å². The lowest BCUT2D eigenvalue weighted by Gasteiger charge is -2.27. The summed E-state index contributed by atoms with van der Waals surface area (Å²) in [5.41, 5.74) is 6.29. The second kappa shape index (κ2) is 5.95. The number of nitrogens with two attached hydrogens (primary N) is 1. The molecular weight excluding hydrogens is 296 g/mol. The Balaban J connectivity index is 2.12. The van der Waals surface area contributed by atoms with Gasteiger partial charge in [-0.2, -0.15) is 16.9 Å². The van der Waals surface area contributed by atoms with E-state index in [-0.39, 0.29) is 16.8 Å². The quantitative estimate of drug-likeness (QED) is 0.872. The molecule has 1 aliphatic rings. The number of nitrogen functional groups attached to an aromatic ring is 1.